The monoisotopic (exact) mass is 351 g/mol. The summed E-state index contributed by atoms with van der Waals surface area (Å²) < 4.78 is 13.1. The van der Waals surface area contributed by atoms with E-state index in [1.807, 2.05) is 25.1 Å². The normalized spacial score (nSPS) is 16.9. The summed E-state index contributed by atoms with van der Waals surface area (Å²) in [5.41, 5.74) is 4.39. The lowest BCUT2D eigenvalue weighted by atomic mass is 10.0. The first-order valence-electron chi connectivity index (χ1n) is 9.01. The Morgan fingerprint density at radius 3 is 2.69 bits per heavy atom. The summed E-state index contributed by atoms with van der Waals surface area (Å²) in [5.74, 6) is -0.322. The Morgan fingerprint density at radius 2 is 1.96 bits per heavy atom. The first-order chi connectivity index (χ1) is 12.6. The van der Waals surface area contributed by atoms with Crippen LogP contribution in [-0.2, 0) is 0 Å². The van der Waals surface area contributed by atoms with Crippen LogP contribution in [0.2, 0.25) is 0 Å². The number of carbonyl (C=O) groups excluding carboxylic acids is 1. The number of halogens is 1. The second-order valence-corrected chi connectivity index (χ2v) is 6.90. The van der Waals surface area contributed by atoms with Crippen LogP contribution in [0, 0.1) is 12.7 Å². The van der Waals surface area contributed by atoms with E-state index in [1.54, 1.807) is 12.1 Å². The first-order valence-corrected chi connectivity index (χ1v) is 9.01. The summed E-state index contributed by atoms with van der Waals surface area (Å²) in [6, 6.07) is 12.8. The number of H-pyrrole nitrogens is 1. The van der Waals surface area contributed by atoms with Gasteiger partial charge in [0.05, 0.1) is 0 Å². The SMILES string of the molecule is Cc1c(C(=O)NC[C@@H]2CCCN2)[nH]c2cc(-c3ccc(F)cc3)ccc12. The van der Waals surface area contributed by atoms with E-state index in [4.69, 9.17) is 0 Å². The zero-order valence-electron chi connectivity index (χ0n) is 14.7. The molecule has 0 spiro atoms. The van der Waals surface area contributed by atoms with E-state index in [9.17, 15) is 9.18 Å². The van der Waals surface area contributed by atoms with Gasteiger partial charge < -0.3 is 15.6 Å². The lowest BCUT2D eigenvalue weighted by molar-refractivity contribution is 0.0945. The Labute approximate surface area is 151 Å². The highest BCUT2D eigenvalue weighted by molar-refractivity contribution is 6.01. The van der Waals surface area contributed by atoms with Crippen molar-refractivity contribution in [2.24, 2.45) is 0 Å². The number of rotatable bonds is 4. The predicted octanol–water partition coefficient (Wildman–Crippen LogP) is 3.76. The van der Waals surface area contributed by atoms with Crippen molar-refractivity contribution in [3.8, 4) is 11.1 Å². The topological polar surface area (TPSA) is 56.9 Å². The van der Waals surface area contributed by atoms with E-state index in [0.29, 0.717) is 18.3 Å². The van der Waals surface area contributed by atoms with Crippen LogP contribution in [0.3, 0.4) is 0 Å². The molecule has 0 aliphatic carbocycles. The lowest BCUT2D eigenvalue weighted by Gasteiger charge is -2.11. The van der Waals surface area contributed by atoms with E-state index < -0.39 is 0 Å². The van der Waals surface area contributed by atoms with Crippen LogP contribution < -0.4 is 10.6 Å². The number of aryl methyl sites for hydroxylation is 1. The van der Waals surface area contributed by atoms with Gasteiger partial charge in [0.1, 0.15) is 11.5 Å². The maximum Gasteiger partial charge on any atom is 0.268 e. The van der Waals surface area contributed by atoms with Crippen LogP contribution in [0.25, 0.3) is 22.0 Å². The van der Waals surface area contributed by atoms with Crippen molar-refractivity contribution >= 4 is 16.8 Å². The molecule has 1 aromatic heterocycles. The van der Waals surface area contributed by atoms with Crippen LogP contribution in [0.5, 0.6) is 0 Å². The van der Waals surface area contributed by atoms with Gasteiger partial charge in [-0.2, -0.15) is 0 Å². The summed E-state index contributed by atoms with van der Waals surface area (Å²) in [6.07, 6.45) is 2.27. The maximum absolute atomic E-state index is 13.1. The highest BCUT2D eigenvalue weighted by Gasteiger charge is 2.18. The number of hydrogen-bond donors (Lipinski definition) is 3. The molecular weight excluding hydrogens is 329 g/mol. The number of benzene rings is 2. The van der Waals surface area contributed by atoms with Crippen molar-refractivity contribution in [3.05, 3.63) is 59.5 Å². The van der Waals surface area contributed by atoms with E-state index in [0.717, 1.165) is 47.0 Å². The van der Waals surface area contributed by atoms with Crippen molar-refractivity contribution in [2.75, 3.05) is 13.1 Å². The molecular formula is C21H22FN3O. The molecule has 2 heterocycles. The molecule has 0 saturated carbocycles. The lowest BCUT2D eigenvalue weighted by Crippen LogP contribution is -2.37. The van der Waals surface area contributed by atoms with Gasteiger partial charge in [0, 0.05) is 23.5 Å². The van der Waals surface area contributed by atoms with E-state index in [2.05, 4.69) is 15.6 Å². The molecule has 3 aromatic rings. The van der Waals surface area contributed by atoms with Gasteiger partial charge in [0.2, 0.25) is 0 Å². The molecule has 1 fully saturated rings. The number of amides is 1. The van der Waals surface area contributed by atoms with Crippen LogP contribution in [0.4, 0.5) is 4.39 Å². The average molecular weight is 351 g/mol. The molecule has 1 aliphatic rings. The fraction of sp³-hybridized carbons (Fsp3) is 0.286. The number of fused-ring (bicyclic) bond motifs is 1. The van der Waals surface area contributed by atoms with Gasteiger partial charge in [0.25, 0.3) is 5.91 Å². The Bertz CT molecular complexity index is 940. The van der Waals surface area contributed by atoms with Gasteiger partial charge in [-0.1, -0.05) is 24.3 Å². The summed E-state index contributed by atoms with van der Waals surface area (Å²) in [5, 5.41) is 7.43. The minimum atomic E-state index is -0.249. The summed E-state index contributed by atoms with van der Waals surface area (Å²) in [7, 11) is 0. The second-order valence-electron chi connectivity index (χ2n) is 6.90. The van der Waals surface area contributed by atoms with Crippen molar-refractivity contribution < 1.29 is 9.18 Å². The molecule has 4 nitrogen and oxygen atoms in total. The van der Waals surface area contributed by atoms with Gasteiger partial charge in [-0.05, 0) is 61.2 Å². The average Bonchev–Trinajstić information content (AvgIpc) is 3.28. The van der Waals surface area contributed by atoms with Crippen molar-refractivity contribution in [2.45, 2.75) is 25.8 Å². The molecule has 1 aliphatic heterocycles. The molecule has 0 bridgehead atoms. The first kappa shape index (κ1) is 16.8. The highest BCUT2D eigenvalue weighted by Crippen LogP contribution is 2.28. The van der Waals surface area contributed by atoms with Crippen molar-refractivity contribution in [1.82, 2.24) is 15.6 Å². The number of nitrogens with one attached hydrogen (secondary N) is 3. The molecule has 3 N–H and O–H groups in total. The summed E-state index contributed by atoms with van der Waals surface area (Å²) in [6.45, 7) is 3.63. The van der Waals surface area contributed by atoms with E-state index >= 15 is 0 Å². The van der Waals surface area contributed by atoms with Crippen molar-refractivity contribution in [1.29, 1.82) is 0 Å². The quantitative estimate of drug-likeness (QED) is 0.670. The van der Waals surface area contributed by atoms with Gasteiger partial charge in [-0.3, -0.25) is 4.79 Å². The van der Waals surface area contributed by atoms with Gasteiger partial charge in [-0.25, -0.2) is 4.39 Å². The zero-order chi connectivity index (χ0) is 18.1. The summed E-state index contributed by atoms with van der Waals surface area (Å²) in [4.78, 5) is 15.8. The Balaban J connectivity index is 1.59. The minimum Gasteiger partial charge on any atom is -0.350 e. The molecule has 134 valence electrons. The predicted molar refractivity (Wildman–Crippen MR) is 102 cm³/mol. The van der Waals surface area contributed by atoms with Gasteiger partial charge >= 0.3 is 0 Å². The molecule has 1 saturated heterocycles. The van der Waals surface area contributed by atoms with Gasteiger partial charge in [-0.15, -0.1) is 0 Å². The van der Waals surface area contributed by atoms with E-state index in [1.165, 1.54) is 12.1 Å². The third-order valence-electron chi connectivity index (χ3n) is 5.13. The highest BCUT2D eigenvalue weighted by atomic mass is 19.1. The van der Waals surface area contributed by atoms with Crippen molar-refractivity contribution in [3.63, 3.8) is 0 Å². The van der Waals surface area contributed by atoms with Crippen LogP contribution in [0.15, 0.2) is 42.5 Å². The maximum atomic E-state index is 13.1. The minimum absolute atomic E-state index is 0.0734. The third kappa shape index (κ3) is 3.22. The molecule has 26 heavy (non-hydrogen) atoms. The van der Waals surface area contributed by atoms with Crippen LogP contribution in [-0.4, -0.2) is 30.0 Å². The fourth-order valence-electron chi connectivity index (χ4n) is 3.62. The molecule has 5 heteroatoms. The Hall–Kier alpha value is -2.66. The molecule has 1 amide bonds. The summed E-state index contributed by atoms with van der Waals surface area (Å²) >= 11 is 0. The molecule has 4 rings (SSSR count). The molecule has 0 unspecified atom stereocenters. The number of aromatic amines is 1. The standard InChI is InChI=1S/C21H22FN3O/c1-13-18-9-6-15(14-4-7-16(22)8-5-14)11-19(18)25-20(13)21(26)24-12-17-3-2-10-23-17/h4-9,11,17,23,25H,2-3,10,12H2,1H3,(H,24,26)/t17-/m0/s1. The second kappa shape index (κ2) is 6.92. The zero-order valence-corrected chi connectivity index (χ0v) is 14.7. The largest absolute Gasteiger partial charge is 0.350 e. The number of aromatic nitrogens is 1. The van der Waals surface area contributed by atoms with Gasteiger partial charge in [0.15, 0.2) is 0 Å². The van der Waals surface area contributed by atoms with Crippen LogP contribution in [0.1, 0.15) is 28.9 Å². The Kier molecular flexibility index (Phi) is 4.47. The Morgan fingerprint density at radius 1 is 1.19 bits per heavy atom. The number of carbonyl (C=O) groups is 1. The third-order valence-corrected chi connectivity index (χ3v) is 5.13. The van der Waals surface area contributed by atoms with Crippen LogP contribution >= 0.6 is 0 Å². The molecule has 2 aromatic carbocycles. The van der Waals surface area contributed by atoms with E-state index in [-0.39, 0.29) is 11.7 Å². The molecule has 1 atom stereocenters. The molecule has 0 radical (unpaired) electrons. The fourth-order valence-corrected chi connectivity index (χ4v) is 3.62. The number of hydrogen-bond acceptors (Lipinski definition) is 2. The smallest absolute Gasteiger partial charge is 0.268 e.